The minimum absolute atomic E-state index is 0. The molecule has 0 aliphatic heterocycles. The van der Waals surface area contributed by atoms with Gasteiger partial charge in [0, 0.05) is 94.2 Å². The van der Waals surface area contributed by atoms with Crippen LogP contribution in [0.15, 0.2) is 59.6 Å². The molecule has 0 amide bonds. The van der Waals surface area contributed by atoms with Gasteiger partial charge < -0.3 is 17.1 Å². The maximum atomic E-state index is 4.51. The standard InChI is InChI=1S/C16H10N2.2Pr/c1-2-7-14(8-3-1)17-12-15-11-10-13-6-4-5-9-16(13)18-15;;/h1-6,9-12H;;/q-2;;. The molecule has 1 aromatic heterocycles. The molecule has 1 heterocycles. The van der Waals surface area contributed by atoms with Gasteiger partial charge in [-0.15, -0.1) is 0 Å². The average Bonchev–Trinajstić information content (AvgIpc) is 2.46. The van der Waals surface area contributed by atoms with E-state index in [9.17, 15) is 0 Å². The Hall–Kier alpha value is 0.247. The van der Waals surface area contributed by atoms with Crippen molar-refractivity contribution in [2.24, 2.45) is 4.99 Å². The molecule has 0 spiro atoms. The summed E-state index contributed by atoms with van der Waals surface area (Å²) in [6.45, 7) is 0. The second-order valence-corrected chi connectivity index (χ2v) is 3.85. The maximum absolute atomic E-state index is 4.51. The molecule has 2 aromatic carbocycles. The summed E-state index contributed by atoms with van der Waals surface area (Å²) < 4.78 is 0. The second-order valence-electron chi connectivity index (χ2n) is 3.85. The number of para-hydroxylation sites is 2. The molecule has 0 saturated carbocycles. The average molecular weight is 512 g/mol. The van der Waals surface area contributed by atoms with Gasteiger partial charge in [0.1, 0.15) is 0 Å². The molecule has 0 saturated heterocycles. The van der Waals surface area contributed by atoms with E-state index in [-0.39, 0.29) is 82.6 Å². The minimum atomic E-state index is 0. The summed E-state index contributed by atoms with van der Waals surface area (Å²) in [7, 11) is 0. The van der Waals surface area contributed by atoms with Crippen LogP contribution in [0.1, 0.15) is 5.69 Å². The molecular weight excluding hydrogens is 502 g/mol. The zero-order valence-corrected chi connectivity index (χ0v) is 18.2. The maximum Gasteiger partial charge on any atom is 0.0818 e. The molecule has 3 rings (SSSR count). The number of hydrogen-bond donors (Lipinski definition) is 0. The van der Waals surface area contributed by atoms with Crippen LogP contribution in [-0.4, -0.2) is 11.2 Å². The molecular formula is C16H10N2Pr2-2. The Morgan fingerprint density at radius 1 is 0.900 bits per heavy atom. The SMILES string of the molecule is [Pr].[Pr].[c-]1ccc[c-]c1N=Cc1ccc2ccccc2n1. The molecule has 2 nitrogen and oxygen atoms in total. The fourth-order valence-corrected chi connectivity index (χ4v) is 1.70. The summed E-state index contributed by atoms with van der Waals surface area (Å²) in [4.78, 5) is 8.80. The van der Waals surface area contributed by atoms with Gasteiger partial charge >= 0.3 is 0 Å². The predicted octanol–water partition coefficient (Wildman–Crippen LogP) is 3.59. The van der Waals surface area contributed by atoms with Gasteiger partial charge in [-0.2, -0.15) is 5.69 Å². The van der Waals surface area contributed by atoms with E-state index in [1.54, 1.807) is 6.21 Å². The van der Waals surface area contributed by atoms with Crippen molar-refractivity contribution in [1.29, 1.82) is 0 Å². The van der Waals surface area contributed by atoms with Crippen LogP contribution in [0.25, 0.3) is 10.9 Å². The molecule has 0 unspecified atom stereocenters. The number of nitrogens with zero attached hydrogens (tertiary/aromatic N) is 2. The van der Waals surface area contributed by atoms with Crippen molar-refractivity contribution in [1.82, 2.24) is 4.98 Å². The first-order valence-electron chi connectivity index (χ1n) is 5.70. The van der Waals surface area contributed by atoms with Gasteiger partial charge in [-0.1, -0.05) is 24.3 Å². The molecule has 20 heavy (non-hydrogen) atoms. The molecule has 0 aliphatic rings. The second kappa shape index (κ2) is 9.30. The zero-order chi connectivity index (χ0) is 12.2. The Morgan fingerprint density at radius 2 is 1.65 bits per heavy atom. The van der Waals surface area contributed by atoms with E-state index in [1.807, 2.05) is 54.6 Å². The van der Waals surface area contributed by atoms with E-state index < -0.39 is 0 Å². The number of aliphatic imine (C=N–C) groups is 1. The molecule has 0 atom stereocenters. The van der Waals surface area contributed by atoms with E-state index in [4.69, 9.17) is 0 Å². The van der Waals surface area contributed by atoms with Crippen LogP contribution in [0, 0.1) is 94.7 Å². The van der Waals surface area contributed by atoms with Crippen LogP contribution in [-0.2, 0) is 0 Å². The van der Waals surface area contributed by atoms with E-state index in [0.717, 1.165) is 16.6 Å². The van der Waals surface area contributed by atoms with E-state index >= 15 is 0 Å². The van der Waals surface area contributed by atoms with Crippen molar-refractivity contribution in [2.75, 3.05) is 0 Å². The predicted molar refractivity (Wildman–Crippen MR) is 73.1 cm³/mol. The summed E-state index contributed by atoms with van der Waals surface area (Å²) in [6, 6.07) is 23.5. The van der Waals surface area contributed by atoms with Crippen molar-refractivity contribution in [3.05, 3.63) is 72.4 Å². The summed E-state index contributed by atoms with van der Waals surface area (Å²) in [6.07, 6.45) is 1.73. The number of pyridine rings is 1. The molecule has 3 aromatic rings. The summed E-state index contributed by atoms with van der Waals surface area (Å²) in [5.74, 6) is 0. The Balaban J connectivity index is 0.000001000. The van der Waals surface area contributed by atoms with Crippen molar-refractivity contribution in [2.45, 2.75) is 0 Å². The van der Waals surface area contributed by atoms with E-state index in [0.29, 0.717) is 5.69 Å². The van der Waals surface area contributed by atoms with Gasteiger partial charge in [-0.3, -0.25) is 18.2 Å². The molecule has 2 radical (unpaired) electrons. The zero-order valence-electron chi connectivity index (χ0n) is 10.8. The minimum Gasteiger partial charge on any atom is -0.333 e. The van der Waals surface area contributed by atoms with Gasteiger partial charge in [-0.25, -0.2) is 4.98 Å². The number of rotatable bonds is 2. The monoisotopic (exact) mass is 512 g/mol. The molecule has 92 valence electrons. The Bertz CT molecular complexity index is 697. The fraction of sp³-hybridized carbons (Fsp3) is 0. The van der Waals surface area contributed by atoms with Gasteiger partial charge in [0.05, 0.1) is 11.2 Å². The number of aromatic nitrogens is 1. The molecule has 0 bridgehead atoms. The van der Waals surface area contributed by atoms with Gasteiger partial charge in [0.25, 0.3) is 0 Å². The third-order valence-corrected chi connectivity index (χ3v) is 2.58. The molecule has 0 aliphatic carbocycles. The molecule has 0 N–H and O–H groups in total. The third-order valence-electron chi connectivity index (χ3n) is 2.58. The Morgan fingerprint density at radius 3 is 2.45 bits per heavy atom. The quantitative estimate of drug-likeness (QED) is 0.381. The van der Waals surface area contributed by atoms with Gasteiger partial charge in [-0.05, 0) is 12.1 Å². The summed E-state index contributed by atoms with van der Waals surface area (Å²) >= 11 is 0. The summed E-state index contributed by atoms with van der Waals surface area (Å²) in [5, 5.41) is 1.13. The van der Waals surface area contributed by atoms with Crippen molar-refractivity contribution in [3.8, 4) is 0 Å². The van der Waals surface area contributed by atoms with Crippen LogP contribution >= 0.6 is 0 Å². The Labute approximate surface area is 185 Å². The first-order chi connectivity index (χ1) is 8.92. The van der Waals surface area contributed by atoms with Crippen LogP contribution in [0.4, 0.5) is 5.69 Å². The largest absolute Gasteiger partial charge is 0.333 e. The molecule has 4 heteroatoms. The summed E-state index contributed by atoms with van der Waals surface area (Å²) in [5.41, 5.74) is 2.49. The van der Waals surface area contributed by atoms with E-state index in [1.165, 1.54) is 0 Å². The van der Waals surface area contributed by atoms with Crippen LogP contribution < -0.4 is 0 Å². The van der Waals surface area contributed by atoms with Gasteiger partial charge in [0.2, 0.25) is 0 Å². The first kappa shape index (κ1) is 18.3. The van der Waals surface area contributed by atoms with Crippen molar-refractivity contribution < 1.29 is 82.6 Å². The normalized spacial score (nSPS) is 10.0. The first-order valence-corrected chi connectivity index (χ1v) is 5.70. The molecule has 0 fully saturated rings. The van der Waals surface area contributed by atoms with E-state index in [2.05, 4.69) is 22.1 Å². The Kier molecular flexibility index (Phi) is 8.51. The van der Waals surface area contributed by atoms with Crippen LogP contribution in [0.2, 0.25) is 0 Å². The number of hydrogen-bond acceptors (Lipinski definition) is 2. The topological polar surface area (TPSA) is 25.2 Å². The fourth-order valence-electron chi connectivity index (χ4n) is 1.70. The number of benzene rings is 2. The van der Waals surface area contributed by atoms with Crippen LogP contribution in [0.3, 0.4) is 0 Å². The van der Waals surface area contributed by atoms with Crippen molar-refractivity contribution in [3.63, 3.8) is 0 Å². The third kappa shape index (κ3) is 4.91. The van der Waals surface area contributed by atoms with Crippen molar-refractivity contribution >= 4 is 22.8 Å². The van der Waals surface area contributed by atoms with Crippen LogP contribution in [0.5, 0.6) is 0 Å². The smallest absolute Gasteiger partial charge is 0.0818 e. The number of fused-ring (bicyclic) bond motifs is 1. The van der Waals surface area contributed by atoms with Gasteiger partial charge in [0.15, 0.2) is 0 Å².